The lowest BCUT2D eigenvalue weighted by Gasteiger charge is -2.23. The molecule has 0 aliphatic heterocycles. The van der Waals surface area contributed by atoms with Crippen LogP contribution in [0.1, 0.15) is 18.1 Å². The molecule has 132 valence electrons. The second-order valence-electron chi connectivity index (χ2n) is 6.21. The molecule has 0 unspecified atom stereocenters. The maximum Gasteiger partial charge on any atom is 0.238 e. The maximum atomic E-state index is 12.3. The highest BCUT2D eigenvalue weighted by atomic mass is 16.2. The zero-order valence-corrected chi connectivity index (χ0v) is 15.0. The molecule has 0 radical (unpaired) electrons. The van der Waals surface area contributed by atoms with Crippen molar-refractivity contribution in [3.63, 3.8) is 0 Å². The zero-order chi connectivity index (χ0) is 18.2. The molecule has 0 spiro atoms. The number of anilines is 1. The fourth-order valence-corrected chi connectivity index (χ4v) is 2.33. The van der Waals surface area contributed by atoms with Crippen LogP contribution in [0.25, 0.3) is 0 Å². The van der Waals surface area contributed by atoms with E-state index in [2.05, 4.69) is 10.6 Å². The minimum Gasteiger partial charge on any atom is -0.351 e. The first-order chi connectivity index (χ1) is 12.0. The first kappa shape index (κ1) is 18.7. The third-order valence-electron chi connectivity index (χ3n) is 4.08. The van der Waals surface area contributed by atoms with Gasteiger partial charge in [0.2, 0.25) is 11.8 Å². The summed E-state index contributed by atoms with van der Waals surface area (Å²) in [5, 5.41) is 5.74. The lowest BCUT2D eigenvalue weighted by molar-refractivity contribution is -0.126. The van der Waals surface area contributed by atoms with Crippen molar-refractivity contribution in [3.8, 4) is 0 Å². The van der Waals surface area contributed by atoms with Gasteiger partial charge in [-0.2, -0.15) is 0 Å². The highest BCUT2D eigenvalue weighted by molar-refractivity contribution is 5.92. The highest BCUT2D eigenvalue weighted by Gasteiger charge is 2.19. The lowest BCUT2D eigenvalue weighted by atomic mass is 10.2. The smallest absolute Gasteiger partial charge is 0.238 e. The molecule has 0 aliphatic carbocycles. The number of hydrogen-bond donors (Lipinski definition) is 2. The monoisotopic (exact) mass is 339 g/mol. The Morgan fingerprint density at radius 1 is 1.04 bits per heavy atom. The van der Waals surface area contributed by atoms with Crippen LogP contribution in [-0.2, 0) is 16.1 Å². The molecule has 0 fully saturated rings. The Hall–Kier alpha value is -2.66. The van der Waals surface area contributed by atoms with Gasteiger partial charge >= 0.3 is 0 Å². The third-order valence-corrected chi connectivity index (χ3v) is 4.08. The average molecular weight is 339 g/mol. The first-order valence-electron chi connectivity index (χ1n) is 8.34. The fourth-order valence-electron chi connectivity index (χ4n) is 2.33. The standard InChI is InChI=1S/C20H25N3O2/c1-15-9-11-18(12-10-15)22-19(24)14-23(3)16(2)20(25)21-13-17-7-5-4-6-8-17/h4-12,16H,13-14H2,1-3H3,(H,21,25)(H,22,24)/t16-/m0/s1. The van der Waals surface area contributed by atoms with E-state index in [-0.39, 0.29) is 18.4 Å². The minimum absolute atomic E-state index is 0.102. The van der Waals surface area contributed by atoms with Crippen LogP contribution in [-0.4, -0.2) is 36.3 Å². The predicted molar refractivity (Wildman–Crippen MR) is 100 cm³/mol. The Labute approximate surface area is 149 Å². The van der Waals surface area contributed by atoms with Crippen molar-refractivity contribution in [1.82, 2.24) is 10.2 Å². The van der Waals surface area contributed by atoms with Gasteiger partial charge in [0.05, 0.1) is 12.6 Å². The van der Waals surface area contributed by atoms with Gasteiger partial charge in [0, 0.05) is 12.2 Å². The van der Waals surface area contributed by atoms with Crippen LogP contribution in [0.3, 0.4) is 0 Å². The molecule has 2 rings (SSSR count). The molecule has 2 amide bonds. The van der Waals surface area contributed by atoms with Gasteiger partial charge in [0.1, 0.15) is 0 Å². The largest absolute Gasteiger partial charge is 0.351 e. The van der Waals surface area contributed by atoms with Gasteiger partial charge in [-0.1, -0.05) is 48.0 Å². The predicted octanol–water partition coefficient (Wildman–Crippen LogP) is 2.57. The number of aryl methyl sites for hydroxylation is 1. The zero-order valence-electron chi connectivity index (χ0n) is 15.0. The van der Waals surface area contributed by atoms with Gasteiger partial charge in [0.15, 0.2) is 0 Å². The average Bonchev–Trinajstić information content (AvgIpc) is 2.61. The molecular formula is C20H25N3O2. The Kier molecular flexibility index (Phi) is 6.71. The number of likely N-dealkylation sites (N-methyl/N-ethyl adjacent to an activating group) is 1. The summed E-state index contributed by atoms with van der Waals surface area (Å²) in [6.45, 7) is 4.41. The van der Waals surface area contributed by atoms with E-state index in [4.69, 9.17) is 0 Å². The van der Waals surface area contributed by atoms with Gasteiger partial charge < -0.3 is 10.6 Å². The SMILES string of the molecule is Cc1ccc(NC(=O)CN(C)[C@@H](C)C(=O)NCc2ccccc2)cc1. The molecule has 2 aromatic rings. The van der Waals surface area contributed by atoms with E-state index in [0.717, 1.165) is 16.8 Å². The number of carbonyl (C=O) groups is 2. The van der Waals surface area contributed by atoms with E-state index in [1.165, 1.54) is 0 Å². The summed E-state index contributed by atoms with van der Waals surface area (Å²) in [7, 11) is 1.77. The second kappa shape index (κ2) is 8.99. The highest BCUT2D eigenvalue weighted by Crippen LogP contribution is 2.08. The number of carbonyl (C=O) groups excluding carboxylic acids is 2. The summed E-state index contributed by atoms with van der Waals surface area (Å²) in [6.07, 6.45) is 0. The van der Waals surface area contributed by atoms with Crippen molar-refractivity contribution in [3.05, 3.63) is 65.7 Å². The van der Waals surface area contributed by atoms with Crippen LogP contribution in [0.15, 0.2) is 54.6 Å². The molecule has 0 heterocycles. The van der Waals surface area contributed by atoms with Gasteiger partial charge in [-0.25, -0.2) is 0 Å². The van der Waals surface area contributed by atoms with Crippen molar-refractivity contribution in [2.75, 3.05) is 18.9 Å². The number of benzene rings is 2. The summed E-state index contributed by atoms with van der Waals surface area (Å²) >= 11 is 0. The second-order valence-corrected chi connectivity index (χ2v) is 6.21. The molecule has 5 nitrogen and oxygen atoms in total. The topological polar surface area (TPSA) is 61.4 Å². The van der Waals surface area contributed by atoms with Crippen LogP contribution in [0.5, 0.6) is 0 Å². The fraction of sp³-hybridized carbons (Fsp3) is 0.300. The third kappa shape index (κ3) is 6.04. The van der Waals surface area contributed by atoms with Gasteiger partial charge in [-0.05, 0) is 38.6 Å². The van der Waals surface area contributed by atoms with E-state index >= 15 is 0 Å². The van der Waals surface area contributed by atoms with Crippen molar-refractivity contribution >= 4 is 17.5 Å². The molecule has 0 saturated carbocycles. The normalized spacial score (nSPS) is 11.8. The van der Waals surface area contributed by atoms with Crippen molar-refractivity contribution in [2.24, 2.45) is 0 Å². The summed E-state index contributed by atoms with van der Waals surface area (Å²) in [5.74, 6) is -0.247. The summed E-state index contributed by atoms with van der Waals surface area (Å²) < 4.78 is 0. The number of amides is 2. The molecule has 2 aromatic carbocycles. The van der Waals surface area contributed by atoms with Crippen LogP contribution < -0.4 is 10.6 Å². The van der Waals surface area contributed by atoms with Gasteiger partial charge in [0.25, 0.3) is 0 Å². The quantitative estimate of drug-likeness (QED) is 0.815. The van der Waals surface area contributed by atoms with Crippen LogP contribution in [0.2, 0.25) is 0 Å². The molecule has 0 aliphatic rings. The molecular weight excluding hydrogens is 314 g/mol. The van der Waals surface area contributed by atoms with E-state index in [0.29, 0.717) is 6.54 Å². The Morgan fingerprint density at radius 3 is 2.32 bits per heavy atom. The number of nitrogens with zero attached hydrogens (tertiary/aromatic N) is 1. The summed E-state index contributed by atoms with van der Waals surface area (Å²) in [4.78, 5) is 26.1. The van der Waals surface area contributed by atoms with E-state index in [1.807, 2.05) is 61.5 Å². The van der Waals surface area contributed by atoms with E-state index < -0.39 is 6.04 Å². The van der Waals surface area contributed by atoms with Gasteiger partial charge in [-0.15, -0.1) is 0 Å². The first-order valence-corrected chi connectivity index (χ1v) is 8.34. The van der Waals surface area contributed by atoms with Crippen LogP contribution in [0.4, 0.5) is 5.69 Å². The maximum absolute atomic E-state index is 12.3. The molecule has 2 N–H and O–H groups in total. The Bertz CT molecular complexity index is 699. The summed E-state index contributed by atoms with van der Waals surface area (Å²) in [5.41, 5.74) is 2.94. The molecule has 0 bridgehead atoms. The molecule has 0 aromatic heterocycles. The van der Waals surface area contributed by atoms with Crippen molar-refractivity contribution in [1.29, 1.82) is 0 Å². The Balaban J connectivity index is 1.80. The van der Waals surface area contributed by atoms with Crippen LogP contribution >= 0.6 is 0 Å². The van der Waals surface area contributed by atoms with Crippen LogP contribution in [0, 0.1) is 6.92 Å². The van der Waals surface area contributed by atoms with Crippen molar-refractivity contribution < 1.29 is 9.59 Å². The molecule has 5 heteroatoms. The van der Waals surface area contributed by atoms with E-state index in [1.54, 1.807) is 18.9 Å². The minimum atomic E-state index is -0.396. The number of nitrogens with one attached hydrogen (secondary N) is 2. The molecule has 1 atom stereocenters. The molecule has 25 heavy (non-hydrogen) atoms. The number of rotatable bonds is 7. The summed E-state index contributed by atoms with van der Waals surface area (Å²) in [6, 6.07) is 17.0. The molecule has 0 saturated heterocycles. The van der Waals surface area contributed by atoms with Gasteiger partial charge in [-0.3, -0.25) is 14.5 Å². The lowest BCUT2D eigenvalue weighted by Crippen LogP contribution is -2.45. The van der Waals surface area contributed by atoms with E-state index in [9.17, 15) is 9.59 Å². The van der Waals surface area contributed by atoms with Crippen molar-refractivity contribution in [2.45, 2.75) is 26.4 Å². The Morgan fingerprint density at radius 2 is 1.68 bits per heavy atom. The number of hydrogen-bond acceptors (Lipinski definition) is 3.